The van der Waals surface area contributed by atoms with E-state index < -0.39 is 21.3 Å². The van der Waals surface area contributed by atoms with Gasteiger partial charge in [-0.25, -0.2) is 17.9 Å². The molecule has 0 bridgehead atoms. The summed E-state index contributed by atoms with van der Waals surface area (Å²) < 4.78 is 24.8. The molecule has 0 fully saturated rings. The fourth-order valence-electron chi connectivity index (χ4n) is 1.11. The lowest BCUT2D eigenvalue weighted by Crippen LogP contribution is -2.34. The van der Waals surface area contributed by atoms with E-state index in [1.165, 1.54) is 0 Å². The van der Waals surface area contributed by atoms with Crippen LogP contribution >= 0.6 is 0 Å². The molecule has 1 aromatic heterocycles. The first-order valence-corrected chi connectivity index (χ1v) is 6.41. The number of rotatable bonds is 4. The predicted octanol–water partition coefficient (Wildman–Crippen LogP) is -2.04. The van der Waals surface area contributed by atoms with E-state index in [1.54, 1.807) is 6.07 Å². The second-order valence-electron chi connectivity index (χ2n) is 3.27. The van der Waals surface area contributed by atoms with Crippen molar-refractivity contribution in [3.63, 3.8) is 0 Å². The summed E-state index contributed by atoms with van der Waals surface area (Å²) in [6, 6.07) is 1.63. The summed E-state index contributed by atoms with van der Waals surface area (Å²) in [6.45, 7) is 0.0208. The van der Waals surface area contributed by atoms with Gasteiger partial charge in [0.2, 0.25) is 10.0 Å². The van der Waals surface area contributed by atoms with Crippen LogP contribution in [0.25, 0.3) is 0 Å². The first-order valence-electron chi connectivity index (χ1n) is 4.52. The number of aromatic nitrogens is 2. The van der Waals surface area contributed by atoms with E-state index in [1.807, 2.05) is 4.98 Å². The fraction of sp³-hybridized carbons (Fsp3) is 0.375. The number of nitrogens with one attached hydrogen (secondary N) is 2. The molecule has 1 heterocycles. The third-order valence-electron chi connectivity index (χ3n) is 1.85. The van der Waals surface area contributed by atoms with Crippen molar-refractivity contribution in [2.24, 2.45) is 0 Å². The Kier molecular flexibility index (Phi) is 3.82. The van der Waals surface area contributed by atoms with Crippen LogP contribution in [-0.2, 0) is 16.6 Å². The molecule has 2 N–H and O–H groups in total. The number of H-pyrrole nitrogens is 1. The van der Waals surface area contributed by atoms with Crippen molar-refractivity contribution in [1.82, 2.24) is 14.3 Å². The third kappa shape index (κ3) is 3.86. The molecule has 0 atom stereocenters. The first kappa shape index (κ1) is 13.1. The number of nitrogens with zero attached hydrogens (tertiary/aromatic N) is 2. The van der Waals surface area contributed by atoms with Crippen LogP contribution in [0.1, 0.15) is 5.56 Å². The average molecular weight is 258 g/mol. The van der Waals surface area contributed by atoms with Gasteiger partial charge in [0.15, 0.2) is 0 Å². The van der Waals surface area contributed by atoms with Gasteiger partial charge in [-0.1, -0.05) is 0 Å². The summed E-state index contributed by atoms with van der Waals surface area (Å²) in [4.78, 5) is 24.3. The van der Waals surface area contributed by atoms with Gasteiger partial charge in [0.1, 0.15) is 11.6 Å². The zero-order valence-electron chi connectivity index (χ0n) is 8.93. The minimum Gasteiger partial charge on any atom is -0.298 e. The van der Waals surface area contributed by atoms with Crippen LogP contribution < -0.4 is 16.0 Å². The highest BCUT2D eigenvalue weighted by Crippen LogP contribution is 1.85. The highest BCUT2D eigenvalue weighted by molar-refractivity contribution is 7.88. The van der Waals surface area contributed by atoms with Gasteiger partial charge < -0.3 is 0 Å². The highest BCUT2D eigenvalue weighted by Gasteiger charge is 2.05. The van der Waals surface area contributed by atoms with Crippen molar-refractivity contribution < 1.29 is 8.42 Å². The van der Waals surface area contributed by atoms with E-state index in [4.69, 9.17) is 5.26 Å². The molecule has 92 valence electrons. The fourth-order valence-corrected chi connectivity index (χ4v) is 1.57. The predicted molar refractivity (Wildman–Crippen MR) is 58.9 cm³/mol. The van der Waals surface area contributed by atoms with E-state index in [0.29, 0.717) is 0 Å². The Morgan fingerprint density at radius 2 is 2.18 bits per heavy atom. The zero-order valence-corrected chi connectivity index (χ0v) is 9.74. The summed E-state index contributed by atoms with van der Waals surface area (Å²) in [7, 11) is -3.33. The summed E-state index contributed by atoms with van der Waals surface area (Å²) >= 11 is 0. The molecular formula is C8H10N4O4S. The molecule has 17 heavy (non-hydrogen) atoms. The van der Waals surface area contributed by atoms with Gasteiger partial charge >= 0.3 is 5.69 Å². The second-order valence-corrected chi connectivity index (χ2v) is 5.11. The lowest BCUT2D eigenvalue weighted by molar-refractivity contribution is 0.572. The second kappa shape index (κ2) is 4.94. The van der Waals surface area contributed by atoms with Gasteiger partial charge in [-0.2, -0.15) is 5.26 Å². The van der Waals surface area contributed by atoms with Crippen molar-refractivity contribution in [2.45, 2.75) is 6.54 Å². The molecule has 9 heteroatoms. The Balaban J connectivity index is 2.90. The van der Waals surface area contributed by atoms with Crippen LogP contribution in [0.4, 0.5) is 0 Å². The van der Waals surface area contributed by atoms with Crippen molar-refractivity contribution >= 4 is 10.0 Å². The summed E-state index contributed by atoms with van der Waals surface area (Å²) in [6.07, 6.45) is 2.08. The van der Waals surface area contributed by atoms with Gasteiger partial charge in [0, 0.05) is 19.3 Å². The molecule has 0 aromatic carbocycles. The third-order valence-corrected chi connectivity index (χ3v) is 2.58. The monoisotopic (exact) mass is 258 g/mol. The van der Waals surface area contributed by atoms with Crippen molar-refractivity contribution in [3.8, 4) is 6.07 Å². The van der Waals surface area contributed by atoms with Crippen LogP contribution in [0.5, 0.6) is 0 Å². The molecule has 0 spiro atoms. The Hall–Kier alpha value is -1.92. The minimum absolute atomic E-state index is 0.00431. The van der Waals surface area contributed by atoms with Crippen LogP contribution in [0, 0.1) is 11.3 Å². The molecule has 0 unspecified atom stereocenters. The maximum Gasteiger partial charge on any atom is 0.328 e. The van der Waals surface area contributed by atoms with E-state index in [2.05, 4.69) is 4.72 Å². The maximum absolute atomic E-state index is 11.3. The number of nitriles is 1. The van der Waals surface area contributed by atoms with Gasteiger partial charge in [-0.3, -0.25) is 14.3 Å². The van der Waals surface area contributed by atoms with Crippen LogP contribution in [0.15, 0.2) is 15.8 Å². The van der Waals surface area contributed by atoms with Crippen LogP contribution in [0.3, 0.4) is 0 Å². The van der Waals surface area contributed by atoms with Crippen molar-refractivity contribution in [3.05, 3.63) is 32.6 Å². The van der Waals surface area contributed by atoms with Crippen LogP contribution in [-0.4, -0.2) is 30.8 Å². The number of hydrogen-bond acceptors (Lipinski definition) is 5. The van der Waals surface area contributed by atoms with Gasteiger partial charge in [0.25, 0.3) is 5.56 Å². The Morgan fingerprint density at radius 1 is 1.53 bits per heavy atom. The Labute approximate surface area is 96.6 Å². The highest BCUT2D eigenvalue weighted by atomic mass is 32.2. The van der Waals surface area contributed by atoms with Crippen molar-refractivity contribution in [1.29, 1.82) is 5.26 Å². The van der Waals surface area contributed by atoms with Gasteiger partial charge in [-0.15, -0.1) is 0 Å². The molecular weight excluding hydrogens is 248 g/mol. The lowest BCUT2D eigenvalue weighted by Gasteiger charge is -2.05. The smallest absolute Gasteiger partial charge is 0.298 e. The topological polar surface area (TPSA) is 125 Å². The zero-order chi connectivity index (χ0) is 13.1. The molecule has 8 nitrogen and oxygen atoms in total. The molecule has 1 aromatic rings. The van der Waals surface area contributed by atoms with E-state index >= 15 is 0 Å². The maximum atomic E-state index is 11.3. The minimum atomic E-state index is -3.33. The molecule has 0 aliphatic heterocycles. The van der Waals surface area contributed by atoms with Crippen molar-refractivity contribution in [2.75, 3.05) is 12.8 Å². The average Bonchev–Trinajstić information content (AvgIpc) is 2.19. The normalized spacial score (nSPS) is 11.1. The van der Waals surface area contributed by atoms with E-state index in [9.17, 15) is 18.0 Å². The molecule has 1 rings (SSSR count). The number of hydrogen-bond donors (Lipinski definition) is 2. The van der Waals surface area contributed by atoms with E-state index in [-0.39, 0.29) is 18.7 Å². The standard InChI is InChI=1S/C8H10N4O4S/c1-17(15,16)10-2-3-12-5-6(4-9)7(13)11-8(12)14/h5,10H,2-3H2,1H3,(H,11,13,14). The molecule has 0 saturated heterocycles. The van der Waals surface area contributed by atoms with Crippen LogP contribution in [0.2, 0.25) is 0 Å². The molecule has 0 amide bonds. The summed E-state index contributed by atoms with van der Waals surface area (Å²) in [5.41, 5.74) is -1.65. The SMILES string of the molecule is CS(=O)(=O)NCCn1cc(C#N)c(=O)[nH]c1=O. The summed E-state index contributed by atoms with van der Waals surface area (Å²) in [5.74, 6) is 0. The Morgan fingerprint density at radius 3 is 2.71 bits per heavy atom. The van der Waals surface area contributed by atoms with Gasteiger partial charge in [-0.05, 0) is 0 Å². The Bertz CT molecular complexity index is 664. The molecule has 0 radical (unpaired) electrons. The number of aromatic amines is 1. The first-order chi connectivity index (χ1) is 7.83. The number of sulfonamides is 1. The quantitative estimate of drug-likeness (QED) is 0.643. The largest absolute Gasteiger partial charge is 0.328 e. The molecule has 0 saturated carbocycles. The van der Waals surface area contributed by atoms with Gasteiger partial charge in [0.05, 0.1) is 6.26 Å². The summed E-state index contributed by atoms with van der Waals surface area (Å²) in [5, 5.41) is 8.59. The lowest BCUT2D eigenvalue weighted by atomic mass is 10.4. The molecule has 0 aliphatic rings. The molecule has 0 aliphatic carbocycles. The van der Waals surface area contributed by atoms with E-state index in [0.717, 1.165) is 17.0 Å².